The Morgan fingerprint density at radius 2 is 1.37 bits per heavy atom. The number of hydrogen-bond acceptors (Lipinski definition) is 12. The Kier molecular flexibility index (Phi) is 14.9. The van der Waals surface area contributed by atoms with Gasteiger partial charge in [-0.25, -0.2) is 35.8 Å². The molecular weight excluding hydrogens is 887 g/mol. The average Bonchev–Trinajstić information content (AvgIpc) is 4.22. The van der Waals surface area contributed by atoms with Crippen molar-refractivity contribution in [2.45, 2.75) is 135 Å². The number of ether oxygens (including phenoxy) is 2. The quantitative estimate of drug-likeness (QED) is 0.0501. The van der Waals surface area contributed by atoms with Gasteiger partial charge >= 0.3 is 12.2 Å². The lowest BCUT2D eigenvalue weighted by Crippen LogP contribution is -2.59. The van der Waals surface area contributed by atoms with Crippen LogP contribution in [0.2, 0.25) is 0 Å². The molecule has 17 heteroatoms. The lowest BCUT2D eigenvalue weighted by Gasteiger charge is -2.35. The van der Waals surface area contributed by atoms with Crippen LogP contribution in [0, 0.1) is 11.8 Å². The van der Waals surface area contributed by atoms with Gasteiger partial charge in [0.05, 0.1) is 50.3 Å². The summed E-state index contributed by atoms with van der Waals surface area (Å²) in [5, 5.41) is 3.63. The van der Waals surface area contributed by atoms with E-state index in [0.29, 0.717) is 18.9 Å². The van der Waals surface area contributed by atoms with Crippen molar-refractivity contribution in [3.05, 3.63) is 107 Å². The van der Waals surface area contributed by atoms with Crippen molar-refractivity contribution >= 4 is 35.5 Å². The summed E-state index contributed by atoms with van der Waals surface area (Å²) in [5.41, 5.74) is 14.3. The van der Waals surface area contributed by atoms with Crippen LogP contribution in [0.3, 0.4) is 0 Å². The van der Waals surface area contributed by atoms with Gasteiger partial charge in [-0.05, 0) is 90.2 Å². The molecule has 4 aliphatic heterocycles. The maximum Gasteiger partial charge on any atom is 0.424 e. The van der Waals surface area contributed by atoms with Crippen LogP contribution >= 0.6 is 0 Å². The molecule has 4 amide bonds. The molecule has 6 N–H and O–H groups in total. The second-order valence-electron chi connectivity index (χ2n) is 20.8. The average molecular weight is 958 g/mol. The molecule has 1 unspecified atom stereocenters. The summed E-state index contributed by atoms with van der Waals surface area (Å²) in [6, 6.07) is 24.7. The molecule has 5 heterocycles. The number of likely N-dealkylation sites (tertiary alicyclic amines) is 2. The zero-order chi connectivity index (χ0) is 50.0. The molecule has 7 atom stereocenters. The molecule has 0 bridgehead atoms. The van der Waals surface area contributed by atoms with Gasteiger partial charge in [0.15, 0.2) is 0 Å². The van der Waals surface area contributed by atoms with Crippen LogP contribution in [0.25, 0.3) is 11.3 Å². The number of amidine groups is 1. The van der Waals surface area contributed by atoms with Crippen molar-refractivity contribution in [3.8, 4) is 11.3 Å². The van der Waals surface area contributed by atoms with Crippen LogP contribution in [0.5, 0.6) is 0 Å². The number of anilines is 1. The molecule has 70 heavy (non-hydrogen) atoms. The third-order valence-electron chi connectivity index (χ3n) is 14.6. The number of nitrogens with one attached hydrogen (secondary N) is 4. The summed E-state index contributed by atoms with van der Waals surface area (Å²) < 4.78 is 9.65. The van der Waals surface area contributed by atoms with Crippen LogP contribution in [-0.4, -0.2) is 106 Å². The molecule has 374 valence electrons. The Bertz CT molecular complexity index is 2520. The summed E-state index contributed by atoms with van der Waals surface area (Å²) >= 11 is 0. The van der Waals surface area contributed by atoms with Gasteiger partial charge in [0.2, 0.25) is 11.8 Å². The third kappa shape index (κ3) is 10.2. The van der Waals surface area contributed by atoms with Gasteiger partial charge in [-0.3, -0.25) is 9.59 Å². The number of amides is 4. The number of hydrogen-bond donors (Lipinski definition) is 5. The number of H-pyrrole nitrogens is 1. The minimum atomic E-state index is -0.863. The molecule has 4 aliphatic rings. The number of hydrazine groups is 2. The van der Waals surface area contributed by atoms with E-state index in [4.69, 9.17) is 25.3 Å². The molecule has 0 aliphatic carbocycles. The Morgan fingerprint density at radius 1 is 0.757 bits per heavy atom. The van der Waals surface area contributed by atoms with E-state index < -0.39 is 24.3 Å². The molecule has 3 aromatic carbocycles. The number of nitrogens with zero attached hydrogens (tertiary/aromatic N) is 6. The zero-order valence-electron chi connectivity index (χ0n) is 42.1. The summed E-state index contributed by atoms with van der Waals surface area (Å²) in [4.78, 5) is 71.6. The van der Waals surface area contributed by atoms with Crippen LogP contribution in [-0.2, 0) is 24.5 Å². The largest absolute Gasteiger partial charge is 0.453 e. The number of carbonyl (C=O) groups excluding carboxylic acids is 4. The first kappa shape index (κ1) is 49.9. The minimum Gasteiger partial charge on any atom is -0.453 e. The molecular formula is C53H71N11O6. The maximum atomic E-state index is 13.9. The summed E-state index contributed by atoms with van der Waals surface area (Å²) in [6.07, 6.45) is 5.21. The Labute approximate surface area is 411 Å². The van der Waals surface area contributed by atoms with E-state index in [1.54, 1.807) is 4.90 Å². The van der Waals surface area contributed by atoms with Gasteiger partial charge in [-0.15, -0.1) is 0 Å². The number of aliphatic imine (C=N–C) groups is 1. The van der Waals surface area contributed by atoms with Crippen LogP contribution < -0.4 is 26.9 Å². The van der Waals surface area contributed by atoms with Crippen LogP contribution in [0.4, 0.5) is 15.3 Å². The topological polar surface area (TPSA) is 203 Å². The molecule has 4 aromatic rings. The molecule has 3 saturated heterocycles. The van der Waals surface area contributed by atoms with Crippen LogP contribution in [0.1, 0.15) is 133 Å². The standard InChI is InChI=1S/C53H71N11O6/c1-31(2)44(57-51(67)69-8)49(65)61-28-10-12-42(61)47-55-30-39(56-47)33-14-16-34(17-15-33)40-26-27-41(63(40)38-24-22-37(23-25-38)53(5,6)7)35-18-20-36(21-19-35)46-58-48(60-59-46)43-13-11-29-62(43)50(66)45(32(3)4)64(54)52(68)70-9/h14-25,30-32,40-45,48,60H,10-13,26-29,54H2,1-9H3,(H,55,56)(H,57,67)(H,58,59)/t40-,41-,42-,43-,44-,45-,48?/m0/s1. The molecule has 1 aromatic heterocycles. The molecule has 3 fully saturated rings. The fraction of sp³-hybridized carbons (Fsp3) is 0.509. The Hall–Kier alpha value is -6.46. The predicted molar refractivity (Wildman–Crippen MR) is 269 cm³/mol. The van der Waals surface area contributed by atoms with E-state index in [2.05, 4.69) is 120 Å². The molecule has 17 nitrogen and oxygen atoms in total. The lowest BCUT2D eigenvalue weighted by molar-refractivity contribution is -0.139. The maximum absolute atomic E-state index is 13.9. The van der Waals surface area contributed by atoms with Gasteiger partial charge in [0.25, 0.3) is 0 Å². The van der Waals surface area contributed by atoms with Gasteiger partial charge < -0.3 is 39.9 Å². The third-order valence-corrected chi connectivity index (χ3v) is 14.6. The van der Waals surface area contributed by atoms with Gasteiger partial charge in [-0.1, -0.05) is 109 Å². The molecule has 0 radical (unpaired) electrons. The highest BCUT2D eigenvalue weighted by Gasteiger charge is 2.43. The smallest absolute Gasteiger partial charge is 0.424 e. The van der Waals surface area contributed by atoms with Crippen molar-refractivity contribution in [1.82, 2.24) is 40.9 Å². The van der Waals surface area contributed by atoms with E-state index in [1.165, 1.54) is 30.9 Å². The molecule has 0 saturated carbocycles. The highest BCUT2D eigenvalue weighted by Crippen LogP contribution is 2.47. The van der Waals surface area contributed by atoms with Gasteiger partial charge in [0, 0.05) is 24.3 Å². The molecule has 8 rings (SSSR count). The van der Waals surface area contributed by atoms with Crippen molar-refractivity contribution in [1.29, 1.82) is 0 Å². The summed E-state index contributed by atoms with van der Waals surface area (Å²) in [5.74, 6) is 6.85. The Morgan fingerprint density at radius 3 is 1.96 bits per heavy atom. The fourth-order valence-electron chi connectivity index (χ4n) is 10.7. The lowest BCUT2D eigenvalue weighted by atomic mass is 9.87. The number of nitrogens with two attached hydrogens (primary N) is 1. The minimum absolute atomic E-state index is 0.0213. The fourth-order valence-corrected chi connectivity index (χ4v) is 10.7. The van der Waals surface area contributed by atoms with Crippen LogP contribution in [0.15, 0.2) is 84.0 Å². The number of methoxy groups -OCH3 is 2. The number of aromatic nitrogens is 2. The predicted octanol–water partition coefficient (Wildman–Crippen LogP) is 7.64. The molecule has 0 spiro atoms. The van der Waals surface area contributed by atoms with Crippen molar-refractivity contribution in [3.63, 3.8) is 0 Å². The Balaban J connectivity index is 0.995. The second kappa shape index (κ2) is 20.9. The highest BCUT2D eigenvalue weighted by atomic mass is 16.5. The van der Waals surface area contributed by atoms with Gasteiger partial charge in [0.1, 0.15) is 29.9 Å². The number of benzene rings is 3. The van der Waals surface area contributed by atoms with E-state index in [0.717, 1.165) is 71.9 Å². The number of aromatic amines is 1. The number of alkyl carbamates (subject to hydrolysis) is 1. The number of carbonyl (C=O) groups is 4. The monoisotopic (exact) mass is 958 g/mol. The second-order valence-corrected chi connectivity index (χ2v) is 20.8. The SMILES string of the molecule is COC(=O)N[C@H](C(=O)N1CCC[C@H]1c1ncc(-c2ccc([C@@H]3CC[C@@H](c4ccc(C5=NC([C@@H]6CCCN6C(=O)[C@H](C(C)C)N(N)C(=O)OC)NN5)cc4)N3c3ccc(C(C)(C)C)cc3)cc2)[nH]1)C(C)C. The highest BCUT2D eigenvalue weighted by molar-refractivity contribution is 5.99. The van der Waals surface area contributed by atoms with Gasteiger partial charge in [-0.2, -0.15) is 0 Å². The van der Waals surface area contributed by atoms with Crippen molar-refractivity contribution < 1.29 is 28.7 Å². The van der Waals surface area contributed by atoms with Crippen molar-refractivity contribution in [2.24, 2.45) is 22.7 Å². The number of imidazole rings is 1. The first-order valence-electron chi connectivity index (χ1n) is 24.8. The first-order chi connectivity index (χ1) is 33.5. The van der Waals surface area contributed by atoms with E-state index in [1.807, 2.05) is 38.8 Å². The van der Waals surface area contributed by atoms with E-state index >= 15 is 0 Å². The number of rotatable bonds is 13. The van der Waals surface area contributed by atoms with E-state index in [-0.39, 0.29) is 59.4 Å². The van der Waals surface area contributed by atoms with Crippen molar-refractivity contribution in [2.75, 3.05) is 32.2 Å². The summed E-state index contributed by atoms with van der Waals surface area (Å²) in [6.45, 7) is 15.4. The summed E-state index contributed by atoms with van der Waals surface area (Å²) in [7, 11) is 2.55. The van der Waals surface area contributed by atoms with E-state index in [9.17, 15) is 19.2 Å². The first-order valence-corrected chi connectivity index (χ1v) is 24.8. The normalized spacial score (nSPS) is 22.3. The zero-order valence-corrected chi connectivity index (χ0v) is 42.1.